The van der Waals surface area contributed by atoms with Gasteiger partial charge in [0.25, 0.3) is 5.91 Å². The minimum absolute atomic E-state index is 0.108. The molecule has 0 aromatic carbocycles. The van der Waals surface area contributed by atoms with Gasteiger partial charge in [-0.25, -0.2) is 4.98 Å². The summed E-state index contributed by atoms with van der Waals surface area (Å²) in [7, 11) is 0. The van der Waals surface area contributed by atoms with Crippen molar-refractivity contribution in [2.45, 2.75) is 26.3 Å². The van der Waals surface area contributed by atoms with E-state index in [0.717, 1.165) is 44.3 Å². The van der Waals surface area contributed by atoms with E-state index in [1.807, 2.05) is 13.0 Å². The van der Waals surface area contributed by atoms with Crippen molar-refractivity contribution in [2.75, 3.05) is 39.4 Å². The molecule has 2 aliphatic heterocycles. The molecule has 1 atom stereocenters. The number of Topliss-reactive ketones (excluding diaryl/α,β-unsaturated/α-hetero) is 1. The van der Waals surface area contributed by atoms with Crippen molar-refractivity contribution in [3.05, 3.63) is 57.0 Å². The van der Waals surface area contributed by atoms with Gasteiger partial charge >= 0.3 is 0 Å². The molecule has 9 heteroatoms. The van der Waals surface area contributed by atoms with Crippen molar-refractivity contribution in [3.8, 4) is 0 Å². The van der Waals surface area contributed by atoms with Gasteiger partial charge in [-0.2, -0.15) is 0 Å². The quantitative estimate of drug-likeness (QED) is 0.658. The first-order valence-corrected chi connectivity index (χ1v) is 11.2. The number of aromatic nitrogens is 2. The summed E-state index contributed by atoms with van der Waals surface area (Å²) in [6, 6.07) is 2.93. The Kier molecular flexibility index (Phi) is 6.45. The van der Waals surface area contributed by atoms with E-state index in [4.69, 9.17) is 4.74 Å². The summed E-state index contributed by atoms with van der Waals surface area (Å²) in [6.45, 7) is 8.03. The van der Waals surface area contributed by atoms with Crippen LogP contribution in [0.25, 0.3) is 0 Å². The van der Waals surface area contributed by atoms with Gasteiger partial charge in [-0.05, 0) is 31.9 Å². The minimum atomic E-state index is -0.666. The summed E-state index contributed by atoms with van der Waals surface area (Å²) in [5.41, 5.74) is 1.42. The highest BCUT2D eigenvalue weighted by atomic mass is 32.1. The van der Waals surface area contributed by atoms with Gasteiger partial charge in [-0.1, -0.05) is 6.07 Å². The number of hydrogen-bond acceptors (Lipinski definition) is 8. The second-order valence-electron chi connectivity index (χ2n) is 7.73. The zero-order valence-electron chi connectivity index (χ0n) is 17.7. The van der Waals surface area contributed by atoms with Gasteiger partial charge in [-0.15, -0.1) is 11.3 Å². The van der Waals surface area contributed by atoms with E-state index in [1.165, 1.54) is 11.3 Å². The molecule has 0 aliphatic carbocycles. The number of hydrogen-bond donors (Lipinski definition) is 1. The van der Waals surface area contributed by atoms with Crippen LogP contribution in [0.2, 0.25) is 0 Å². The number of aryl methyl sites for hydroxylation is 2. The van der Waals surface area contributed by atoms with Crippen LogP contribution in [0, 0.1) is 13.8 Å². The van der Waals surface area contributed by atoms with E-state index in [1.54, 1.807) is 30.3 Å². The van der Waals surface area contributed by atoms with Gasteiger partial charge in [0.05, 0.1) is 40.4 Å². The molecule has 0 saturated carbocycles. The number of thiazole rings is 1. The molecule has 2 aromatic rings. The highest BCUT2D eigenvalue weighted by Crippen LogP contribution is 2.39. The third-order valence-corrected chi connectivity index (χ3v) is 6.71. The summed E-state index contributed by atoms with van der Waals surface area (Å²) in [5, 5.41) is 11.5. The Morgan fingerprint density at radius 3 is 2.71 bits per heavy atom. The topological polar surface area (TPSA) is 95.9 Å². The number of carbonyl (C=O) groups is 2. The molecule has 1 saturated heterocycles. The molecule has 1 fully saturated rings. The van der Waals surface area contributed by atoms with Crippen molar-refractivity contribution in [3.63, 3.8) is 0 Å². The molecule has 8 nitrogen and oxygen atoms in total. The van der Waals surface area contributed by atoms with Crippen LogP contribution in [-0.4, -0.2) is 76.0 Å². The molecule has 0 unspecified atom stereocenters. The maximum absolute atomic E-state index is 13.4. The fourth-order valence-corrected chi connectivity index (χ4v) is 5.03. The summed E-state index contributed by atoms with van der Waals surface area (Å²) >= 11 is 1.28. The molecule has 2 aliphatic rings. The lowest BCUT2D eigenvalue weighted by Gasteiger charge is -2.29. The molecule has 31 heavy (non-hydrogen) atoms. The summed E-state index contributed by atoms with van der Waals surface area (Å²) in [4.78, 5) is 39.3. The molecule has 0 radical (unpaired) electrons. The van der Waals surface area contributed by atoms with E-state index in [9.17, 15) is 14.7 Å². The van der Waals surface area contributed by atoms with Crippen LogP contribution >= 0.6 is 11.3 Å². The largest absolute Gasteiger partial charge is 0.503 e. The highest BCUT2D eigenvalue weighted by molar-refractivity contribution is 7.14. The first-order valence-electron chi connectivity index (χ1n) is 10.4. The second kappa shape index (κ2) is 9.25. The zero-order valence-corrected chi connectivity index (χ0v) is 18.5. The first-order chi connectivity index (χ1) is 15.0. The number of ketones is 1. The standard InChI is InChI=1S/C22H26N4O4S/c1-14-21(31-15(2)24-14)19(27)17-18(16-5-3-6-23-13-16)26(22(29)20(17)28)8-4-7-25-9-11-30-12-10-25/h3,5-6,13,18,28H,4,7-12H2,1-2H3/t18-/m1/s1. The Hall–Kier alpha value is -2.62. The van der Waals surface area contributed by atoms with Crippen LogP contribution in [0.3, 0.4) is 0 Å². The number of ether oxygens (including phenoxy) is 1. The molecule has 164 valence electrons. The van der Waals surface area contributed by atoms with Crippen LogP contribution in [0.5, 0.6) is 0 Å². The molecular weight excluding hydrogens is 416 g/mol. The summed E-state index contributed by atoms with van der Waals surface area (Å²) in [5.74, 6) is -1.34. The number of aliphatic hydroxyl groups excluding tert-OH is 1. The zero-order chi connectivity index (χ0) is 22.0. The Bertz CT molecular complexity index is 998. The average molecular weight is 443 g/mol. The lowest BCUT2D eigenvalue weighted by Crippen LogP contribution is -2.39. The maximum Gasteiger partial charge on any atom is 0.290 e. The van der Waals surface area contributed by atoms with Gasteiger partial charge in [-0.3, -0.25) is 19.5 Å². The monoisotopic (exact) mass is 442 g/mol. The maximum atomic E-state index is 13.4. The third-order valence-electron chi connectivity index (χ3n) is 5.64. The SMILES string of the molecule is Cc1nc(C)c(C(=O)C2=C(O)C(=O)N(CCCN3CCOCC3)[C@@H]2c2cccnc2)s1. The average Bonchev–Trinajstić information content (AvgIpc) is 3.25. The van der Waals surface area contributed by atoms with Gasteiger partial charge in [0.1, 0.15) is 0 Å². The number of aliphatic hydroxyl groups is 1. The Labute approximate surface area is 185 Å². The molecule has 4 heterocycles. The number of rotatable bonds is 7. The number of amides is 1. The number of pyridine rings is 1. The van der Waals surface area contributed by atoms with Crippen molar-refractivity contribution in [1.29, 1.82) is 0 Å². The van der Waals surface area contributed by atoms with Gasteiger partial charge in [0.2, 0.25) is 5.78 Å². The van der Waals surface area contributed by atoms with E-state index in [0.29, 0.717) is 22.7 Å². The number of morpholine rings is 1. The Morgan fingerprint density at radius 2 is 2.06 bits per heavy atom. The van der Waals surface area contributed by atoms with Crippen LogP contribution < -0.4 is 0 Å². The van der Waals surface area contributed by atoms with Crippen LogP contribution in [0.4, 0.5) is 0 Å². The Morgan fingerprint density at radius 1 is 1.29 bits per heavy atom. The lowest BCUT2D eigenvalue weighted by molar-refractivity contribution is -0.129. The Balaban J connectivity index is 1.61. The van der Waals surface area contributed by atoms with Crippen molar-refractivity contribution in [2.24, 2.45) is 0 Å². The minimum Gasteiger partial charge on any atom is -0.503 e. The molecule has 0 bridgehead atoms. The second-order valence-corrected chi connectivity index (χ2v) is 8.94. The lowest BCUT2D eigenvalue weighted by atomic mass is 9.96. The van der Waals surface area contributed by atoms with Crippen LogP contribution in [-0.2, 0) is 9.53 Å². The van der Waals surface area contributed by atoms with Gasteiger partial charge in [0.15, 0.2) is 5.76 Å². The van der Waals surface area contributed by atoms with Gasteiger partial charge in [0, 0.05) is 38.6 Å². The molecule has 4 rings (SSSR count). The van der Waals surface area contributed by atoms with Crippen molar-refractivity contribution in [1.82, 2.24) is 19.8 Å². The number of carbonyl (C=O) groups excluding carboxylic acids is 2. The predicted molar refractivity (Wildman–Crippen MR) is 116 cm³/mol. The first kappa shape index (κ1) is 21.6. The van der Waals surface area contributed by atoms with E-state index >= 15 is 0 Å². The fourth-order valence-electron chi connectivity index (χ4n) is 4.15. The molecule has 2 aromatic heterocycles. The molecule has 0 spiro atoms. The highest BCUT2D eigenvalue weighted by Gasteiger charge is 2.44. The summed E-state index contributed by atoms with van der Waals surface area (Å²) in [6.07, 6.45) is 4.02. The van der Waals surface area contributed by atoms with Crippen LogP contribution in [0.1, 0.15) is 38.4 Å². The smallest absolute Gasteiger partial charge is 0.290 e. The molecule has 1 N–H and O–H groups in total. The van der Waals surface area contributed by atoms with E-state index < -0.39 is 17.7 Å². The van der Waals surface area contributed by atoms with E-state index in [-0.39, 0.29) is 11.4 Å². The molecule has 1 amide bonds. The fraction of sp³-hybridized carbons (Fsp3) is 0.455. The molecular formula is C22H26N4O4S. The predicted octanol–water partition coefficient (Wildman–Crippen LogP) is 2.46. The summed E-state index contributed by atoms with van der Waals surface area (Å²) < 4.78 is 5.38. The van der Waals surface area contributed by atoms with Crippen LogP contribution in [0.15, 0.2) is 35.9 Å². The van der Waals surface area contributed by atoms with Gasteiger partial charge < -0.3 is 14.7 Å². The third kappa shape index (κ3) is 4.39. The van der Waals surface area contributed by atoms with E-state index in [2.05, 4.69) is 14.9 Å². The number of nitrogens with zero attached hydrogens (tertiary/aromatic N) is 4. The van der Waals surface area contributed by atoms with Crippen molar-refractivity contribution >= 4 is 23.0 Å². The normalized spacial score (nSPS) is 20.0. The van der Waals surface area contributed by atoms with Crippen molar-refractivity contribution < 1.29 is 19.4 Å².